The summed E-state index contributed by atoms with van der Waals surface area (Å²) < 4.78 is 7.43. The number of hydrogen-bond acceptors (Lipinski definition) is 2. The van der Waals surface area contributed by atoms with Crippen molar-refractivity contribution in [3.8, 4) is 5.75 Å². The summed E-state index contributed by atoms with van der Waals surface area (Å²) in [6.45, 7) is 2.51. The molecule has 0 saturated carbocycles. The lowest BCUT2D eigenvalue weighted by atomic mass is 10.2. The molecule has 0 radical (unpaired) electrons. The zero-order chi connectivity index (χ0) is 14.7. The van der Waals surface area contributed by atoms with Gasteiger partial charge in [0.25, 0.3) is 0 Å². The zero-order valence-electron chi connectivity index (χ0n) is 10.7. The van der Waals surface area contributed by atoms with Crippen LogP contribution in [0.4, 0.5) is 0 Å². The van der Waals surface area contributed by atoms with E-state index in [-0.39, 0.29) is 5.56 Å². The van der Waals surface area contributed by atoms with Gasteiger partial charge in [0.1, 0.15) is 12.4 Å². The molecule has 0 bridgehead atoms. The highest BCUT2D eigenvalue weighted by Crippen LogP contribution is 2.29. The highest BCUT2D eigenvalue weighted by molar-refractivity contribution is 14.1. The zero-order valence-corrected chi connectivity index (χ0v) is 15.0. The van der Waals surface area contributed by atoms with Crippen molar-refractivity contribution < 1.29 is 14.6 Å². The van der Waals surface area contributed by atoms with Crippen molar-refractivity contribution in [1.29, 1.82) is 0 Å². The van der Waals surface area contributed by atoms with Crippen molar-refractivity contribution >= 4 is 51.2 Å². The molecule has 0 aliphatic heterocycles. The fourth-order valence-electron chi connectivity index (χ4n) is 1.66. The Morgan fingerprint density at radius 1 is 1.15 bits per heavy atom. The van der Waals surface area contributed by atoms with Gasteiger partial charge in [0.05, 0.1) is 12.7 Å². The fraction of sp³-hybridized carbons (Fsp3) is 0.133. The number of ether oxygens (including phenoxy) is 1. The maximum Gasteiger partial charge on any atom is 0.335 e. The van der Waals surface area contributed by atoms with Gasteiger partial charge in [-0.25, -0.2) is 4.79 Å². The number of rotatable bonds is 4. The summed E-state index contributed by atoms with van der Waals surface area (Å²) in [7, 11) is 0. The van der Waals surface area contributed by atoms with E-state index in [0.29, 0.717) is 6.61 Å². The van der Waals surface area contributed by atoms with Gasteiger partial charge < -0.3 is 9.84 Å². The van der Waals surface area contributed by atoms with Gasteiger partial charge in [0, 0.05) is 0 Å². The van der Waals surface area contributed by atoms with Gasteiger partial charge in [-0.15, -0.1) is 0 Å². The molecule has 1 N–H and O–H groups in total. The average Bonchev–Trinajstić information content (AvgIpc) is 2.39. The number of carbonyl (C=O) groups is 1. The molecule has 0 aliphatic carbocycles. The van der Waals surface area contributed by atoms with Gasteiger partial charge in [-0.1, -0.05) is 29.8 Å². The molecule has 0 spiro atoms. The van der Waals surface area contributed by atoms with E-state index >= 15 is 0 Å². The van der Waals surface area contributed by atoms with Crippen molar-refractivity contribution in [1.82, 2.24) is 0 Å². The standard InChI is InChI=1S/C15H12I2O3/c1-9-2-4-10(5-3-9)8-20-14-12(16)6-11(15(18)19)7-13(14)17/h2-7H,8H2,1H3,(H,18,19). The van der Waals surface area contributed by atoms with Crippen LogP contribution in [-0.2, 0) is 6.61 Å². The predicted octanol–water partition coefficient (Wildman–Crippen LogP) is 4.48. The number of aryl methyl sites for hydroxylation is 1. The number of carboxylic acid groups (broad SMARTS) is 1. The molecule has 0 aromatic heterocycles. The van der Waals surface area contributed by atoms with Gasteiger partial charge in [-0.05, 0) is 69.8 Å². The summed E-state index contributed by atoms with van der Waals surface area (Å²) in [6.07, 6.45) is 0. The fourth-order valence-corrected chi connectivity index (χ4v) is 3.74. The van der Waals surface area contributed by atoms with Crippen LogP contribution in [0.3, 0.4) is 0 Å². The molecule has 2 aromatic carbocycles. The van der Waals surface area contributed by atoms with Crippen molar-refractivity contribution in [2.24, 2.45) is 0 Å². The van der Waals surface area contributed by atoms with Crippen molar-refractivity contribution in [3.05, 3.63) is 60.2 Å². The first-order valence-corrected chi connectivity index (χ1v) is 8.04. The minimum atomic E-state index is -0.925. The Balaban J connectivity index is 2.17. The Morgan fingerprint density at radius 2 is 1.70 bits per heavy atom. The molecule has 0 atom stereocenters. The smallest absolute Gasteiger partial charge is 0.335 e. The minimum Gasteiger partial charge on any atom is -0.487 e. The van der Waals surface area contributed by atoms with Gasteiger partial charge >= 0.3 is 5.97 Å². The molecule has 104 valence electrons. The third-order valence-corrected chi connectivity index (χ3v) is 4.35. The summed E-state index contributed by atoms with van der Waals surface area (Å²) in [5.41, 5.74) is 2.58. The molecule has 0 fully saturated rings. The third-order valence-electron chi connectivity index (χ3n) is 2.75. The van der Waals surface area contributed by atoms with E-state index in [1.807, 2.05) is 31.2 Å². The molecule has 0 aliphatic rings. The monoisotopic (exact) mass is 494 g/mol. The van der Waals surface area contributed by atoms with E-state index in [1.54, 1.807) is 12.1 Å². The second kappa shape index (κ2) is 6.75. The Bertz CT molecular complexity index is 613. The van der Waals surface area contributed by atoms with Gasteiger partial charge in [-0.2, -0.15) is 0 Å². The van der Waals surface area contributed by atoms with E-state index in [0.717, 1.165) is 18.5 Å². The second-order valence-electron chi connectivity index (χ2n) is 4.35. The number of aromatic carboxylic acids is 1. The van der Waals surface area contributed by atoms with Crippen molar-refractivity contribution in [2.75, 3.05) is 0 Å². The van der Waals surface area contributed by atoms with Crippen LogP contribution in [0.2, 0.25) is 0 Å². The Labute approximate surface area is 144 Å². The molecule has 5 heteroatoms. The summed E-state index contributed by atoms with van der Waals surface area (Å²) in [5, 5.41) is 9.01. The van der Waals surface area contributed by atoms with E-state index in [2.05, 4.69) is 45.2 Å². The second-order valence-corrected chi connectivity index (χ2v) is 6.67. The first-order chi connectivity index (χ1) is 9.47. The molecule has 2 rings (SSSR count). The number of benzene rings is 2. The van der Waals surface area contributed by atoms with Crippen LogP contribution < -0.4 is 4.74 Å². The third kappa shape index (κ3) is 3.85. The van der Waals surface area contributed by atoms with Crippen molar-refractivity contribution in [3.63, 3.8) is 0 Å². The molecule has 3 nitrogen and oxygen atoms in total. The molecule has 0 saturated heterocycles. The van der Waals surface area contributed by atoms with Crippen molar-refractivity contribution in [2.45, 2.75) is 13.5 Å². The largest absolute Gasteiger partial charge is 0.487 e. The van der Waals surface area contributed by atoms with Gasteiger partial charge in [0.2, 0.25) is 0 Å². The quantitative estimate of drug-likeness (QED) is 0.639. The van der Waals surface area contributed by atoms with Crippen LogP contribution in [0.15, 0.2) is 36.4 Å². The predicted molar refractivity (Wildman–Crippen MR) is 94.3 cm³/mol. The normalized spacial score (nSPS) is 10.3. The maximum absolute atomic E-state index is 11.0. The van der Waals surface area contributed by atoms with Crippen LogP contribution in [0.1, 0.15) is 21.5 Å². The lowest BCUT2D eigenvalue weighted by molar-refractivity contribution is 0.0696. The van der Waals surface area contributed by atoms with Crippen LogP contribution in [0, 0.1) is 14.1 Å². The van der Waals surface area contributed by atoms with E-state index in [4.69, 9.17) is 9.84 Å². The first-order valence-electron chi connectivity index (χ1n) is 5.88. The lowest BCUT2D eigenvalue weighted by Crippen LogP contribution is -2.03. The summed E-state index contributed by atoms with van der Waals surface area (Å²) in [5.74, 6) is -0.192. The van der Waals surface area contributed by atoms with Crippen LogP contribution >= 0.6 is 45.2 Å². The summed E-state index contributed by atoms with van der Waals surface area (Å²) in [6, 6.07) is 11.4. The molecule has 0 unspecified atom stereocenters. The van der Waals surface area contributed by atoms with E-state index < -0.39 is 5.97 Å². The Kier molecular flexibility index (Phi) is 5.25. The Morgan fingerprint density at radius 3 is 2.20 bits per heavy atom. The lowest BCUT2D eigenvalue weighted by Gasteiger charge is -2.11. The number of carboxylic acids is 1. The highest BCUT2D eigenvalue weighted by atomic mass is 127. The van der Waals surface area contributed by atoms with Gasteiger partial charge in [0.15, 0.2) is 0 Å². The highest BCUT2D eigenvalue weighted by Gasteiger charge is 2.12. The Hall–Kier alpha value is -0.830. The molecule has 0 amide bonds. The SMILES string of the molecule is Cc1ccc(COc2c(I)cc(C(=O)O)cc2I)cc1. The molecule has 0 heterocycles. The van der Waals surface area contributed by atoms with Crippen LogP contribution in [0.25, 0.3) is 0 Å². The van der Waals surface area contributed by atoms with E-state index in [9.17, 15) is 4.79 Å². The molecular weight excluding hydrogens is 482 g/mol. The summed E-state index contributed by atoms with van der Waals surface area (Å²) >= 11 is 4.20. The average molecular weight is 494 g/mol. The van der Waals surface area contributed by atoms with Gasteiger partial charge in [-0.3, -0.25) is 0 Å². The molecule has 20 heavy (non-hydrogen) atoms. The van der Waals surface area contributed by atoms with Crippen LogP contribution in [0.5, 0.6) is 5.75 Å². The topological polar surface area (TPSA) is 46.5 Å². The first kappa shape index (κ1) is 15.6. The number of halogens is 2. The van der Waals surface area contributed by atoms with E-state index in [1.165, 1.54) is 5.56 Å². The number of hydrogen-bond donors (Lipinski definition) is 1. The molecular formula is C15H12I2O3. The summed E-state index contributed by atoms with van der Waals surface area (Å²) in [4.78, 5) is 11.0. The van der Waals surface area contributed by atoms with Crippen LogP contribution in [-0.4, -0.2) is 11.1 Å². The molecule has 2 aromatic rings. The maximum atomic E-state index is 11.0. The minimum absolute atomic E-state index is 0.279.